The van der Waals surface area contributed by atoms with E-state index in [0.29, 0.717) is 6.42 Å². The van der Waals surface area contributed by atoms with Gasteiger partial charge in [-0.3, -0.25) is 0 Å². The maximum atomic E-state index is 8.17. The van der Waals surface area contributed by atoms with Crippen molar-refractivity contribution in [1.82, 2.24) is 0 Å². The van der Waals surface area contributed by atoms with Gasteiger partial charge in [0.2, 0.25) is 0 Å². The van der Waals surface area contributed by atoms with E-state index in [1.165, 1.54) is 6.21 Å². The summed E-state index contributed by atoms with van der Waals surface area (Å²) < 4.78 is 1.04. The fourth-order valence-corrected chi connectivity index (χ4v) is 1.25. The highest BCUT2D eigenvalue weighted by molar-refractivity contribution is 9.10. The van der Waals surface area contributed by atoms with Crippen LogP contribution in [-0.4, -0.2) is 11.4 Å². The first-order valence-corrected chi connectivity index (χ1v) is 4.03. The SMILES string of the molecule is ON=CCc1ccccc1Br. The number of halogens is 1. The van der Waals surface area contributed by atoms with Gasteiger partial charge >= 0.3 is 0 Å². The molecular formula is C8H8BrNO. The molecule has 0 radical (unpaired) electrons. The second-order valence-corrected chi connectivity index (χ2v) is 2.95. The van der Waals surface area contributed by atoms with E-state index in [0.717, 1.165) is 10.0 Å². The standard InChI is InChI=1S/C8H8BrNO/c9-8-4-2-1-3-7(8)5-6-10-11/h1-4,6,11H,5H2. The molecule has 1 N–H and O–H groups in total. The fourth-order valence-electron chi connectivity index (χ4n) is 0.803. The molecule has 1 aromatic rings. The predicted octanol–water partition coefficient (Wildman–Crippen LogP) is 2.45. The predicted molar refractivity (Wildman–Crippen MR) is 48.1 cm³/mol. The van der Waals surface area contributed by atoms with Gasteiger partial charge in [-0.25, -0.2) is 0 Å². The van der Waals surface area contributed by atoms with Gasteiger partial charge in [-0.2, -0.15) is 0 Å². The minimum Gasteiger partial charge on any atom is -0.411 e. The van der Waals surface area contributed by atoms with Crippen LogP contribution in [0.5, 0.6) is 0 Å². The van der Waals surface area contributed by atoms with Gasteiger partial charge in [-0.05, 0) is 11.6 Å². The molecule has 11 heavy (non-hydrogen) atoms. The summed E-state index contributed by atoms with van der Waals surface area (Å²) in [6.45, 7) is 0. The maximum absolute atomic E-state index is 8.17. The molecule has 0 aromatic heterocycles. The summed E-state index contributed by atoms with van der Waals surface area (Å²) >= 11 is 3.38. The monoisotopic (exact) mass is 213 g/mol. The first kappa shape index (κ1) is 8.27. The lowest BCUT2D eigenvalue weighted by molar-refractivity contribution is 0.321. The van der Waals surface area contributed by atoms with Crippen molar-refractivity contribution < 1.29 is 5.21 Å². The lowest BCUT2D eigenvalue weighted by Gasteiger charge is -1.97. The smallest absolute Gasteiger partial charge is 0.0480 e. The molecule has 0 fully saturated rings. The first-order valence-electron chi connectivity index (χ1n) is 3.24. The van der Waals surface area contributed by atoms with E-state index in [-0.39, 0.29) is 0 Å². The molecule has 0 unspecified atom stereocenters. The molecule has 0 spiro atoms. The molecule has 3 heteroatoms. The van der Waals surface area contributed by atoms with Crippen molar-refractivity contribution in [2.24, 2.45) is 5.16 Å². The second kappa shape index (κ2) is 4.13. The van der Waals surface area contributed by atoms with E-state index in [2.05, 4.69) is 21.1 Å². The highest BCUT2D eigenvalue weighted by Crippen LogP contribution is 2.15. The molecule has 0 saturated carbocycles. The molecule has 0 atom stereocenters. The molecule has 1 aromatic carbocycles. The summed E-state index contributed by atoms with van der Waals surface area (Å²) in [5.74, 6) is 0. The van der Waals surface area contributed by atoms with Crippen LogP contribution in [0.15, 0.2) is 33.9 Å². The Morgan fingerprint density at radius 3 is 2.82 bits per heavy atom. The Hall–Kier alpha value is -0.830. The quantitative estimate of drug-likeness (QED) is 0.457. The summed E-state index contributed by atoms with van der Waals surface area (Å²) in [6.07, 6.45) is 2.11. The normalized spacial score (nSPS) is 10.6. The summed E-state index contributed by atoms with van der Waals surface area (Å²) in [4.78, 5) is 0. The van der Waals surface area contributed by atoms with Gasteiger partial charge in [-0.15, -0.1) is 5.16 Å². The summed E-state index contributed by atoms with van der Waals surface area (Å²) in [7, 11) is 0. The average molecular weight is 214 g/mol. The first-order chi connectivity index (χ1) is 5.34. The van der Waals surface area contributed by atoms with Crippen LogP contribution in [0, 0.1) is 0 Å². The van der Waals surface area contributed by atoms with Crippen molar-refractivity contribution in [1.29, 1.82) is 0 Å². The number of benzene rings is 1. The third-order valence-electron chi connectivity index (χ3n) is 1.35. The van der Waals surface area contributed by atoms with Crippen molar-refractivity contribution in [3.05, 3.63) is 34.3 Å². The van der Waals surface area contributed by atoms with Crippen molar-refractivity contribution >= 4 is 22.1 Å². The van der Waals surface area contributed by atoms with Crippen LogP contribution in [0.25, 0.3) is 0 Å². The van der Waals surface area contributed by atoms with Gasteiger partial charge in [0.25, 0.3) is 0 Å². The van der Waals surface area contributed by atoms with Crippen LogP contribution in [0.2, 0.25) is 0 Å². The Morgan fingerprint density at radius 1 is 1.45 bits per heavy atom. The average Bonchev–Trinajstić information content (AvgIpc) is 2.03. The van der Waals surface area contributed by atoms with Crippen LogP contribution < -0.4 is 0 Å². The van der Waals surface area contributed by atoms with Gasteiger partial charge < -0.3 is 5.21 Å². The van der Waals surface area contributed by atoms with E-state index in [9.17, 15) is 0 Å². The topological polar surface area (TPSA) is 32.6 Å². The van der Waals surface area contributed by atoms with Gasteiger partial charge in [-0.1, -0.05) is 34.1 Å². The Morgan fingerprint density at radius 2 is 2.18 bits per heavy atom. The highest BCUT2D eigenvalue weighted by Gasteiger charge is 1.94. The number of hydrogen-bond donors (Lipinski definition) is 1. The Labute approximate surface area is 73.7 Å². The molecular weight excluding hydrogens is 206 g/mol. The van der Waals surface area contributed by atoms with E-state index in [1.807, 2.05) is 24.3 Å². The lowest BCUT2D eigenvalue weighted by Crippen LogP contribution is -1.86. The summed E-state index contributed by atoms with van der Waals surface area (Å²) in [6, 6.07) is 7.83. The Kier molecular flexibility index (Phi) is 3.11. The molecule has 0 amide bonds. The second-order valence-electron chi connectivity index (χ2n) is 2.09. The van der Waals surface area contributed by atoms with Crippen LogP contribution in [0.3, 0.4) is 0 Å². The van der Waals surface area contributed by atoms with Crippen LogP contribution in [0.4, 0.5) is 0 Å². The fraction of sp³-hybridized carbons (Fsp3) is 0.125. The molecule has 1 rings (SSSR count). The number of rotatable bonds is 2. The number of oxime groups is 1. The van der Waals surface area contributed by atoms with Crippen molar-refractivity contribution in [2.75, 3.05) is 0 Å². The third kappa shape index (κ3) is 2.35. The largest absolute Gasteiger partial charge is 0.411 e. The summed E-state index contributed by atoms with van der Waals surface area (Å²) in [5.41, 5.74) is 1.12. The zero-order valence-electron chi connectivity index (χ0n) is 5.87. The molecule has 0 aliphatic heterocycles. The minimum atomic E-state index is 0.651. The molecule has 2 nitrogen and oxygen atoms in total. The van der Waals surface area contributed by atoms with E-state index in [1.54, 1.807) is 0 Å². The van der Waals surface area contributed by atoms with Crippen LogP contribution in [-0.2, 0) is 6.42 Å². The van der Waals surface area contributed by atoms with Crippen LogP contribution >= 0.6 is 15.9 Å². The molecule has 0 bridgehead atoms. The van der Waals surface area contributed by atoms with Crippen LogP contribution in [0.1, 0.15) is 5.56 Å². The van der Waals surface area contributed by atoms with Crippen molar-refractivity contribution in [3.63, 3.8) is 0 Å². The van der Waals surface area contributed by atoms with Gasteiger partial charge in [0.05, 0.1) is 0 Å². The van der Waals surface area contributed by atoms with Gasteiger partial charge in [0.15, 0.2) is 0 Å². The van der Waals surface area contributed by atoms with E-state index >= 15 is 0 Å². The Balaban J connectivity index is 2.77. The minimum absolute atomic E-state index is 0.651. The molecule has 0 heterocycles. The van der Waals surface area contributed by atoms with Gasteiger partial charge in [0.1, 0.15) is 0 Å². The molecule has 0 aliphatic rings. The van der Waals surface area contributed by atoms with Gasteiger partial charge in [0, 0.05) is 17.1 Å². The highest BCUT2D eigenvalue weighted by atomic mass is 79.9. The van der Waals surface area contributed by atoms with E-state index in [4.69, 9.17) is 5.21 Å². The lowest BCUT2D eigenvalue weighted by atomic mass is 10.2. The number of nitrogens with zero attached hydrogens (tertiary/aromatic N) is 1. The molecule has 0 aliphatic carbocycles. The maximum Gasteiger partial charge on any atom is 0.0480 e. The van der Waals surface area contributed by atoms with E-state index < -0.39 is 0 Å². The zero-order valence-corrected chi connectivity index (χ0v) is 7.45. The van der Waals surface area contributed by atoms with Crippen molar-refractivity contribution in [2.45, 2.75) is 6.42 Å². The number of hydrogen-bond acceptors (Lipinski definition) is 2. The van der Waals surface area contributed by atoms with Crippen molar-refractivity contribution in [3.8, 4) is 0 Å². The third-order valence-corrected chi connectivity index (χ3v) is 2.12. The summed E-state index contributed by atoms with van der Waals surface area (Å²) in [5, 5.41) is 11.1. The zero-order chi connectivity index (χ0) is 8.10. The molecule has 58 valence electrons. The molecule has 0 saturated heterocycles. The Bertz CT molecular complexity index is 260.